The number of Topliss-reactive ketones (excluding diaryl/α,β-unsaturated/α-hetero) is 1. The molecule has 1 aliphatic heterocycles. The molecule has 0 fully saturated rings. The van der Waals surface area contributed by atoms with Crippen LogP contribution < -0.4 is 0 Å². The number of carbonyl (C=O) groups excluding carboxylic acids is 2. The highest BCUT2D eigenvalue weighted by molar-refractivity contribution is 7.99. The number of esters is 1. The number of rotatable bonds is 3. The summed E-state index contributed by atoms with van der Waals surface area (Å²) in [4.78, 5) is 24.1. The standard InChI is InChI=1S/C12H12O3S/c1-2-15-12(14)10(13)9-5-3-4-8-6-7-16-11(8)9/h3-5H,2,6-7H2,1H3. The van der Waals surface area contributed by atoms with Gasteiger partial charge in [0.05, 0.1) is 6.61 Å². The molecule has 1 aromatic rings. The molecule has 0 unspecified atom stereocenters. The summed E-state index contributed by atoms with van der Waals surface area (Å²) in [6.07, 6.45) is 0.962. The van der Waals surface area contributed by atoms with Crippen molar-refractivity contribution in [2.75, 3.05) is 12.4 Å². The molecule has 0 spiro atoms. The highest BCUT2D eigenvalue weighted by atomic mass is 32.2. The Bertz CT molecular complexity index is 440. The fourth-order valence-electron chi connectivity index (χ4n) is 1.70. The Morgan fingerprint density at radius 2 is 2.25 bits per heavy atom. The fraction of sp³-hybridized carbons (Fsp3) is 0.333. The second kappa shape index (κ2) is 4.70. The maximum Gasteiger partial charge on any atom is 0.379 e. The molecule has 1 aromatic carbocycles. The van der Waals surface area contributed by atoms with Crippen molar-refractivity contribution < 1.29 is 14.3 Å². The summed E-state index contributed by atoms with van der Waals surface area (Å²) in [6.45, 7) is 1.92. The van der Waals surface area contributed by atoms with Gasteiger partial charge in [0.25, 0.3) is 5.78 Å². The van der Waals surface area contributed by atoms with Crippen molar-refractivity contribution in [1.29, 1.82) is 0 Å². The van der Waals surface area contributed by atoms with E-state index < -0.39 is 11.8 Å². The number of fused-ring (bicyclic) bond motifs is 1. The monoisotopic (exact) mass is 236 g/mol. The Morgan fingerprint density at radius 1 is 1.44 bits per heavy atom. The molecule has 0 aromatic heterocycles. The largest absolute Gasteiger partial charge is 0.460 e. The van der Waals surface area contributed by atoms with Crippen LogP contribution >= 0.6 is 11.8 Å². The normalized spacial score (nSPS) is 13.3. The number of carbonyl (C=O) groups is 2. The first-order valence-electron chi connectivity index (χ1n) is 5.20. The van der Waals surface area contributed by atoms with Gasteiger partial charge in [-0.3, -0.25) is 4.79 Å². The molecule has 84 valence electrons. The highest BCUT2D eigenvalue weighted by Gasteiger charge is 2.24. The van der Waals surface area contributed by atoms with E-state index in [4.69, 9.17) is 4.74 Å². The van der Waals surface area contributed by atoms with Crippen molar-refractivity contribution in [3.63, 3.8) is 0 Å². The molecule has 3 nitrogen and oxygen atoms in total. The molecule has 0 atom stereocenters. The minimum atomic E-state index is -0.761. The van der Waals surface area contributed by atoms with Crippen LogP contribution in [0.3, 0.4) is 0 Å². The van der Waals surface area contributed by atoms with Gasteiger partial charge in [-0.05, 0) is 25.0 Å². The van der Waals surface area contributed by atoms with Gasteiger partial charge in [0.15, 0.2) is 0 Å². The highest BCUT2D eigenvalue weighted by Crippen LogP contribution is 2.34. The summed E-state index contributed by atoms with van der Waals surface area (Å²) in [5.74, 6) is -0.320. The van der Waals surface area contributed by atoms with Crippen LogP contribution in [0.25, 0.3) is 0 Å². The SMILES string of the molecule is CCOC(=O)C(=O)c1cccc2c1SCC2. The molecule has 0 amide bonds. The predicted octanol–water partition coefficient (Wildman–Crippen LogP) is 2.08. The van der Waals surface area contributed by atoms with E-state index in [2.05, 4.69) is 0 Å². The zero-order valence-corrected chi connectivity index (χ0v) is 9.80. The first kappa shape index (κ1) is 11.2. The van der Waals surface area contributed by atoms with Crippen molar-refractivity contribution in [1.82, 2.24) is 0 Å². The van der Waals surface area contributed by atoms with Crippen LogP contribution in [-0.2, 0) is 16.0 Å². The molecule has 0 aliphatic carbocycles. The van der Waals surface area contributed by atoms with Gasteiger partial charge < -0.3 is 4.74 Å². The van der Waals surface area contributed by atoms with Crippen molar-refractivity contribution in [2.24, 2.45) is 0 Å². The number of ether oxygens (including phenoxy) is 1. The van der Waals surface area contributed by atoms with E-state index >= 15 is 0 Å². The van der Waals surface area contributed by atoms with E-state index in [1.54, 1.807) is 24.8 Å². The van der Waals surface area contributed by atoms with Gasteiger partial charge in [-0.1, -0.05) is 12.1 Å². The molecule has 2 rings (SSSR count). The van der Waals surface area contributed by atoms with Crippen LogP contribution in [0.15, 0.2) is 23.1 Å². The number of hydrogen-bond donors (Lipinski definition) is 0. The number of ketones is 1. The van der Waals surface area contributed by atoms with Gasteiger partial charge in [-0.15, -0.1) is 11.8 Å². The summed E-state index contributed by atoms with van der Waals surface area (Å²) in [7, 11) is 0. The third-order valence-corrected chi connectivity index (χ3v) is 3.60. The number of aryl methyl sites for hydroxylation is 1. The smallest absolute Gasteiger partial charge is 0.379 e. The minimum absolute atomic E-state index is 0.229. The lowest BCUT2D eigenvalue weighted by molar-refractivity contribution is -0.137. The van der Waals surface area contributed by atoms with E-state index in [0.29, 0.717) is 5.56 Å². The third-order valence-electron chi connectivity index (χ3n) is 2.42. The lowest BCUT2D eigenvalue weighted by atomic mass is 10.1. The lowest BCUT2D eigenvalue weighted by Crippen LogP contribution is -2.18. The van der Waals surface area contributed by atoms with Gasteiger partial charge >= 0.3 is 5.97 Å². The molecule has 1 heterocycles. The summed E-state index contributed by atoms with van der Waals surface area (Å²) >= 11 is 1.63. The third kappa shape index (κ3) is 1.97. The van der Waals surface area contributed by atoms with Gasteiger partial charge in [-0.25, -0.2) is 4.79 Å². The van der Waals surface area contributed by atoms with Crippen LogP contribution in [0.2, 0.25) is 0 Å². The molecule has 0 saturated carbocycles. The Morgan fingerprint density at radius 3 is 3.00 bits per heavy atom. The maximum absolute atomic E-state index is 11.8. The van der Waals surface area contributed by atoms with Crippen molar-refractivity contribution in [3.8, 4) is 0 Å². The Hall–Kier alpha value is -1.29. The summed E-state index contributed by atoms with van der Waals surface area (Å²) in [6, 6.07) is 5.50. The Kier molecular flexibility index (Phi) is 3.29. The first-order valence-corrected chi connectivity index (χ1v) is 6.18. The zero-order chi connectivity index (χ0) is 11.5. The van der Waals surface area contributed by atoms with Gasteiger partial charge in [0, 0.05) is 16.2 Å². The molecule has 0 saturated heterocycles. The lowest BCUT2D eigenvalue weighted by Gasteiger charge is -2.05. The van der Waals surface area contributed by atoms with E-state index in [-0.39, 0.29) is 6.61 Å². The van der Waals surface area contributed by atoms with Crippen molar-refractivity contribution in [3.05, 3.63) is 29.3 Å². The summed E-state index contributed by atoms with van der Waals surface area (Å²) in [5.41, 5.74) is 1.64. The minimum Gasteiger partial charge on any atom is -0.460 e. The van der Waals surface area contributed by atoms with Crippen LogP contribution in [-0.4, -0.2) is 24.1 Å². The van der Waals surface area contributed by atoms with Gasteiger partial charge in [0.1, 0.15) is 0 Å². The molecule has 0 bridgehead atoms. The predicted molar refractivity (Wildman–Crippen MR) is 61.8 cm³/mol. The van der Waals surface area contributed by atoms with E-state index in [1.165, 1.54) is 0 Å². The zero-order valence-electron chi connectivity index (χ0n) is 8.99. The second-order valence-corrected chi connectivity index (χ2v) is 4.55. The molecular weight excluding hydrogens is 224 g/mol. The second-order valence-electron chi connectivity index (χ2n) is 3.44. The van der Waals surface area contributed by atoms with Gasteiger partial charge in [-0.2, -0.15) is 0 Å². The molecule has 4 heteroatoms. The van der Waals surface area contributed by atoms with E-state index in [1.807, 2.05) is 12.1 Å². The molecule has 0 radical (unpaired) electrons. The van der Waals surface area contributed by atoms with Crippen LogP contribution in [0, 0.1) is 0 Å². The summed E-state index contributed by atoms with van der Waals surface area (Å²) < 4.78 is 4.72. The van der Waals surface area contributed by atoms with Gasteiger partial charge in [0.2, 0.25) is 0 Å². The number of thioether (sulfide) groups is 1. The molecule has 0 N–H and O–H groups in total. The van der Waals surface area contributed by atoms with Crippen LogP contribution in [0.5, 0.6) is 0 Å². The Balaban J connectivity index is 2.31. The summed E-state index contributed by atoms with van der Waals surface area (Å²) in [5, 5.41) is 0. The maximum atomic E-state index is 11.8. The van der Waals surface area contributed by atoms with E-state index in [0.717, 1.165) is 22.6 Å². The van der Waals surface area contributed by atoms with Crippen LogP contribution in [0.4, 0.5) is 0 Å². The average Bonchev–Trinajstić information content (AvgIpc) is 2.76. The molecule has 16 heavy (non-hydrogen) atoms. The molecular formula is C12H12O3S. The Labute approximate surface area is 98.2 Å². The van der Waals surface area contributed by atoms with Crippen LogP contribution in [0.1, 0.15) is 22.8 Å². The number of benzene rings is 1. The molecule has 1 aliphatic rings. The van der Waals surface area contributed by atoms with Crippen molar-refractivity contribution >= 4 is 23.5 Å². The quantitative estimate of drug-likeness (QED) is 0.458. The first-order chi connectivity index (χ1) is 7.74. The average molecular weight is 236 g/mol. The topological polar surface area (TPSA) is 43.4 Å². The number of hydrogen-bond acceptors (Lipinski definition) is 4. The van der Waals surface area contributed by atoms with Crippen molar-refractivity contribution in [2.45, 2.75) is 18.2 Å². The van der Waals surface area contributed by atoms with E-state index in [9.17, 15) is 9.59 Å². The fourth-order valence-corrected chi connectivity index (χ4v) is 2.90.